The molecule has 0 aromatic rings. The van der Waals surface area contributed by atoms with Crippen molar-refractivity contribution < 1.29 is 4.79 Å². The van der Waals surface area contributed by atoms with Crippen LogP contribution in [0.15, 0.2) is 5.18 Å². The predicted octanol–water partition coefficient (Wildman–Crippen LogP) is -0.111. The topological polar surface area (TPSA) is 58.5 Å². The third-order valence-electron chi connectivity index (χ3n) is 0.550. The second-order valence-corrected chi connectivity index (χ2v) is 1.42. The van der Waals surface area contributed by atoms with Crippen molar-refractivity contribution in [1.29, 1.82) is 0 Å². The van der Waals surface area contributed by atoms with Crippen LogP contribution in [0.4, 0.5) is 0 Å². The molecule has 8 heavy (non-hydrogen) atoms. The average molecular weight is 116 g/mol. The van der Waals surface area contributed by atoms with Gasteiger partial charge in [-0.15, -0.1) is 4.91 Å². The number of nitrogens with one attached hydrogen (secondary N) is 1. The van der Waals surface area contributed by atoms with E-state index in [4.69, 9.17) is 0 Å². The van der Waals surface area contributed by atoms with E-state index in [-0.39, 0.29) is 19.0 Å². The number of nitrogens with zero attached hydrogens (tertiary/aromatic N) is 1. The molecular formula is C4H8N2O2. The van der Waals surface area contributed by atoms with Crippen molar-refractivity contribution in [2.45, 2.75) is 6.92 Å². The Balaban J connectivity index is 2.93. The van der Waals surface area contributed by atoms with Crippen molar-refractivity contribution in [3.8, 4) is 0 Å². The van der Waals surface area contributed by atoms with Crippen LogP contribution >= 0.6 is 0 Å². The molecule has 0 aromatic heterocycles. The maximum absolute atomic E-state index is 10.1. The lowest BCUT2D eigenvalue weighted by atomic mass is 10.4. The third kappa shape index (κ3) is 5.23. The number of nitroso groups, excluding NO2 is 1. The van der Waals surface area contributed by atoms with Gasteiger partial charge in [0, 0.05) is 0 Å². The minimum absolute atomic E-state index is 0.00801. The molecule has 0 saturated carbocycles. The summed E-state index contributed by atoms with van der Waals surface area (Å²) in [5.74, 6) is 0.00801. The molecule has 0 aliphatic heterocycles. The molecule has 0 radical (unpaired) electrons. The monoisotopic (exact) mass is 116 g/mol. The fourth-order valence-electron chi connectivity index (χ4n) is 0.278. The van der Waals surface area contributed by atoms with Crippen molar-refractivity contribution in [3.05, 3.63) is 4.91 Å². The summed E-state index contributed by atoms with van der Waals surface area (Å²) in [7, 11) is 0. The van der Waals surface area contributed by atoms with Gasteiger partial charge < -0.3 is 0 Å². The number of Topliss-reactive ketones (excluding diaryl/α,β-unsaturated/α-hetero) is 1. The second-order valence-electron chi connectivity index (χ2n) is 1.42. The summed E-state index contributed by atoms with van der Waals surface area (Å²) in [6.07, 6.45) is 0. The largest absolute Gasteiger partial charge is 0.299 e. The van der Waals surface area contributed by atoms with Gasteiger partial charge in [-0.2, -0.15) is 0 Å². The van der Waals surface area contributed by atoms with E-state index in [1.807, 2.05) is 0 Å². The minimum Gasteiger partial charge on any atom is -0.299 e. The SMILES string of the molecule is CC(=O)CNCN=O. The second kappa shape index (κ2) is 4.39. The van der Waals surface area contributed by atoms with Gasteiger partial charge in [-0.25, -0.2) is 0 Å². The highest BCUT2D eigenvalue weighted by molar-refractivity contribution is 5.77. The summed E-state index contributed by atoms with van der Waals surface area (Å²) in [5.41, 5.74) is 0. The molecular weight excluding hydrogens is 108 g/mol. The molecule has 0 aliphatic rings. The highest BCUT2D eigenvalue weighted by Crippen LogP contribution is 1.63. The molecule has 0 amide bonds. The van der Waals surface area contributed by atoms with Gasteiger partial charge in [-0.05, 0) is 6.92 Å². The molecule has 0 aliphatic carbocycles. The first-order chi connectivity index (χ1) is 3.77. The minimum atomic E-state index is 0.00801. The number of carbonyl (C=O) groups is 1. The van der Waals surface area contributed by atoms with Crippen molar-refractivity contribution in [1.82, 2.24) is 5.32 Å². The Morgan fingerprint density at radius 2 is 2.38 bits per heavy atom. The van der Waals surface area contributed by atoms with Gasteiger partial charge in [0.2, 0.25) is 0 Å². The number of rotatable bonds is 4. The Labute approximate surface area is 47.2 Å². The standard InChI is InChI=1S/C4H8N2O2/c1-4(7)2-5-3-6-8/h5H,2-3H2,1H3. The van der Waals surface area contributed by atoms with Crippen LogP contribution in [0.3, 0.4) is 0 Å². The van der Waals surface area contributed by atoms with Crippen LogP contribution in [-0.2, 0) is 4.79 Å². The van der Waals surface area contributed by atoms with Gasteiger partial charge >= 0.3 is 0 Å². The molecule has 4 nitrogen and oxygen atoms in total. The highest BCUT2D eigenvalue weighted by Gasteiger charge is 1.87. The van der Waals surface area contributed by atoms with Crippen LogP contribution < -0.4 is 5.32 Å². The van der Waals surface area contributed by atoms with Gasteiger partial charge in [0.15, 0.2) is 0 Å². The number of ketones is 1. The highest BCUT2D eigenvalue weighted by atomic mass is 16.3. The van der Waals surface area contributed by atoms with Crippen molar-refractivity contribution >= 4 is 5.78 Å². The van der Waals surface area contributed by atoms with Crippen LogP contribution in [0.1, 0.15) is 6.92 Å². The Bertz CT molecular complexity index is 92.0. The lowest BCUT2D eigenvalue weighted by Gasteiger charge is -1.90. The quantitative estimate of drug-likeness (QED) is 0.411. The Kier molecular flexibility index (Phi) is 3.97. The molecule has 0 saturated heterocycles. The van der Waals surface area contributed by atoms with Crippen molar-refractivity contribution in [2.75, 3.05) is 13.2 Å². The van der Waals surface area contributed by atoms with E-state index in [0.29, 0.717) is 0 Å². The summed E-state index contributed by atoms with van der Waals surface area (Å²) in [4.78, 5) is 19.5. The molecule has 0 aromatic carbocycles. The number of hydrogen-bond acceptors (Lipinski definition) is 4. The van der Waals surface area contributed by atoms with Crippen LogP contribution in [0.5, 0.6) is 0 Å². The first-order valence-electron chi connectivity index (χ1n) is 2.26. The predicted molar refractivity (Wildman–Crippen MR) is 29.3 cm³/mol. The molecule has 0 bridgehead atoms. The molecule has 0 fully saturated rings. The van der Waals surface area contributed by atoms with E-state index >= 15 is 0 Å². The van der Waals surface area contributed by atoms with Gasteiger partial charge in [-0.3, -0.25) is 10.1 Å². The van der Waals surface area contributed by atoms with E-state index in [9.17, 15) is 9.70 Å². The van der Waals surface area contributed by atoms with E-state index in [1.54, 1.807) is 0 Å². The molecule has 4 heteroatoms. The van der Waals surface area contributed by atoms with E-state index in [1.165, 1.54) is 6.92 Å². The summed E-state index contributed by atoms with van der Waals surface area (Å²) >= 11 is 0. The Hall–Kier alpha value is -0.770. The molecule has 46 valence electrons. The lowest BCUT2D eigenvalue weighted by Crippen LogP contribution is -2.20. The Morgan fingerprint density at radius 1 is 1.75 bits per heavy atom. The first-order valence-corrected chi connectivity index (χ1v) is 2.26. The van der Waals surface area contributed by atoms with Crippen molar-refractivity contribution in [3.63, 3.8) is 0 Å². The van der Waals surface area contributed by atoms with Gasteiger partial charge in [0.1, 0.15) is 12.5 Å². The normalized spacial score (nSPS) is 8.62. The molecule has 0 rings (SSSR count). The molecule has 0 unspecified atom stereocenters. The van der Waals surface area contributed by atoms with E-state index in [2.05, 4.69) is 10.5 Å². The van der Waals surface area contributed by atoms with Gasteiger partial charge in [0.05, 0.1) is 6.54 Å². The first kappa shape index (κ1) is 7.23. The summed E-state index contributed by atoms with van der Waals surface area (Å²) < 4.78 is 0. The lowest BCUT2D eigenvalue weighted by molar-refractivity contribution is -0.116. The molecule has 1 N–H and O–H groups in total. The maximum Gasteiger partial charge on any atom is 0.143 e. The van der Waals surface area contributed by atoms with Crippen molar-refractivity contribution in [2.24, 2.45) is 5.18 Å². The Morgan fingerprint density at radius 3 is 2.75 bits per heavy atom. The zero-order valence-corrected chi connectivity index (χ0v) is 4.68. The fraction of sp³-hybridized carbons (Fsp3) is 0.750. The van der Waals surface area contributed by atoms with Crippen LogP contribution in [0, 0.1) is 4.91 Å². The van der Waals surface area contributed by atoms with Crippen LogP contribution in [-0.4, -0.2) is 19.0 Å². The van der Waals surface area contributed by atoms with E-state index in [0.717, 1.165) is 0 Å². The number of carbonyl (C=O) groups excluding carboxylic acids is 1. The van der Waals surface area contributed by atoms with Gasteiger partial charge in [-0.1, -0.05) is 5.18 Å². The van der Waals surface area contributed by atoms with E-state index < -0.39 is 0 Å². The molecule has 0 heterocycles. The zero-order valence-electron chi connectivity index (χ0n) is 4.68. The third-order valence-corrected chi connectivity index (χ3v) is 0.550. The summed E-state index contributed by atoms with van der Waals surface area (Å²) in [6.45, 7) is 1.68. The number of hydrogen-bond donors (Lipinski definition) is 1. The fourth-order valence-corrected chi connectivity index (χ4v) is 0.278. The maximum atomic E-state index is 10.1. The van der Waals surface area contributed by atoms with Gasteiger partial charge in [0.25, 0.3) is 0 Å². The van der Waals surface area contributed by atoms with Crippen LogP contribution in [0.25, 0.3) is 0 Å². The zero-order chi connectivity index (χ0) is 6.41. The summed E-state index contributed by atoms with van der Waals surface area (Å²) in [6, 6.07) is 0. The molecule has 0 spiro atoms. The summed E-state index contributed by atoms with van der Waals surface area (Å²) in [5, 5.41) is 5.00. The average Bonchev–Trinajstić information content (AvgIpc) is 1.66. The molecule has 0 atom stereocenters. The smallest absolute Gasteiger partial charge is 0.143 e. The van der Waals surface area contributed by atoms with Crippen LogP contribution in [0.2, 0.25) is 0 Å².